The molecule has 1 saturated heterocycles. The Morgan fingerprint density at radius 3 is 0.967 bits per heavy atom. The molecule has 0 aliphatic carbocycles. The van der Waals surface area contributed by atoms with Gasteiger partial charge in [-0.15, -0.1) is 0 Å². The van der Waals surface area contributed by atoms with Gasteiger partial charge in [-0.3, -0.25) is 4.79 Å². The minimum Gasteiger partial charge on any atom is -0.394 e. The Hall–Kier alpha value is -1.67. The zero-order valence-electron chi connectivity index (χ0n) is 60.6. The Bertz CT molecular complexity index is 1590. The van der Waals surface area contributed by atoms with Crippen LogP contribution in [0.25, 0.3) is 0 Å². The van der Waals surface area contributed by atoms with Crippen molar-refractivity contribution < 1.29 is 50.0 Å². The lowest BCUT2D eigenvalue weighted by Gasteiger charge is -2.40. The molecule has 0 aromatic carbocycles. The molecule has 1 fully saturated rings. The van der Waals surface area contributed by atoms with Crippen molar-refractivity contribution in [2.24, 2.45) is 0 Å². The first-order chi connectivity index (χ1) is 45.2. The Labute approximate surface area is 568 Å². The third-order valence-electron chi connectivity index (χ3n) is 19.6. The van der Waals surface area contributed by atoms with E-state index in [0.29, 0.717) is 19.3 Å². The van der Waals surface area contributed by atoms with Gasteiger partial charge in [-0.25, -0.2) is 0 Å². The van der Waals surface area contributed by atoms with Crippen LogP contribution in [0.2, 0.25) is 0 Å². The summed E-state index contributed by atoms with van der Waals surface area (Å²) >= 11 is 0. The third-order valence-corrected chi connectivity index (χ3v) is 19.6. The van der Waals surface area contributed by atoms with Crippen molar-refractivity contribution in [3.8, 4) is 0 Å². The molecule has 92 heavy (non-hydrogen) atoms. The molecule has 0 aromatic heterocycles. The van der Waals surface area contributed by atoms with Gasteiger partial charge < -0.3 is 50.5 Å². The first-order valence-corrected chi connectivity index (χ1v) is 40.4. The number of unbranched alkanes of at least 4 members (excludes halogenated alkanes) is 54. The fourth-order valence-corrected chi connectivity index (χ4v) is 13.2. The van der Waals surface area contributed by atoms with Gasteiger partial charge in [0.05, 0.1) is 25.4 Å². The van der Waals surface area contributed by atoms with Gasteiger partial charge in [-0.05, 0) is 77.0 Å². The van der Waals surface area contributed by atoms with Crippen molar-refractivity contribution in [1.82, 2.24) is 5.32 Å². The number of hydrogen-bond donors (Lipinski definition) is 8. The van der Waals surface area contributed by atoms with Crippen molar-refractivity contribution in [3.63, 3.8) is 0 Å². The molecular weight excluding hydrogens is 1150 g/mol. The highest BCUT2D eigenvalue weighted by molar-refractivity contribution is 5.80. The van der Waals surface area contributed by atoms with Gasteiger partial charge >= 0.3 is 0 Å². The Morgan fingerprint density at radius 2 is 0.652 bits per heavy atom. The molecule has 1 aliphatic rings. The van der Waals surface area contributed by atoms with E-state index in [0.717, 1.165) is 38.5 Å². The van der Waals surface area contributed by atoms with Crippen molar-refractivity contribution >= 4 is 5.91 Å². The summed E-state index contributed by atoms with van der Waals surface area (Å²) in [7, 11) is 0. The van der Waals surface area contributed by atoms with Crippen LogP contribution in [0.3, 0.4) is 0 Å². The highest BCUT2D eigenvalue weighted by atomic mass is 16.7. The van der Waals surface area contributed by atoms with Crippen molar-refractivity contribution in [3.05, 3.63) is 36.5 Å². The van der Waals surface area contributed by atoms with E-state index in [1.54, 1.807) is 0 Å². The van der Waals surface area contributed by atoms with E-state index in [2.05, 4.69) is 55.6 Å². The van der Waals surface area contributed by atoms with Crippen molar-refractivity contribution in [1.29, 1.82) is 0 Å². The molecule has 1 rings (SSSR count). The van der Waals surface area contributed by atoms with Gasteiger partial charge in [-0.1, -0.05) is 365 Å². The molecule has 544 valence electrons. The number of ether oxygens (including phenoxy) is 2. The SMILES string of the molecule is CCCCCCCCCCCCCCCCCCCC/C=C\CCCCCCCCCCCCCCCCCCC(O)C(=O)NC(COC1OC(CO)C(O)C(O)C1O)C(O)C(O)CCC/C=C/CC/C=C/CCCCCCCCCCCCCCCCCCCC. The van der Waals surface area contributed by atoms with Gasteiger partial charge in [0.2, 0.25) is 5.91 Å². The van der Waals surface area contributed by atoms with Crippen LogP contribution >= 0.6 is 0 Å². The molecule has 9 atom stereocenters. The molecule has 8 N–H and O–H groups in total. The minimum atomic E-state index is -1.67. The molecule has 1 aliphatic heterocycles. The molecule has 0 bridgehead atoms. The molecule has 0 radical (unpaired) electrons. The standard InChI is InChI=1S/C81H155NO10/c1-3-5-7-9-11-13-15-17-19-21-23-25-27-29-31-32-33-34-35-36-37-38-39-40-41-43-45-47-49-51-53-55-57-59-61-63-65-67-69-74(85)80(90)82-72(71-91-81-79(89)78(88)77(87)75(70-83)92-81)76(86)73(84)68-66-64-62-60-58-56-54-52-50-48-46-44-42-30-28-26-24-22-20-18-16-14-12-10-8-6-4-2/h36-37,52,54,60,62,72-79,81,83-89H,3-35,38-51,53,55-59,61,63-71H2,1-2H3,(H,82,90)/b37-36-,54-52+,62-60+. The quantitative estimate of drug-likeness (QED) is 0.0215. The van der Waals surface area contributed by atoms with E-state index >= 15 is 0 Å². The molecule has 0 spiro atoms. The smallest absolute Gasteiger partial charge is 0.249 e. The van der Waals surface area contributed by atoms with E-state index in [1.165, 1.54) is 321 Å². The second-order valence-electron chi connectivity index (χ2n) is 28.5. The van der Waals surface area contributed by atoms with Gasteiger partial charge in [0.1, 0.15) is 36.6 Å². The van der Waals surface area contributed by atoms with E-state index in [4.69, 9.17) is 9.47 Å². The van der Waals surface area contributed by atoms with Crippen LogP contribution in [0, 0.1) is 0 Å². The average Bonchev–Trinajstić information content (AvgIpc) is 0.997. The highest BCUT2D eigenvalue weighted by Crippen LogP contribution is 2.24. The van der Waals surface area contributed by atoms with Crippen LogP contribution in [0.4, 0.5) is 0 Å². The number of aliphatic hydroxyl groups is 7. The predicted molar refractivity (Wildman–Crippen MR) is 390 cm³/mol. The van der Waals surface area contributed by atoms with E-state index in [-0.39, 0.29) is 12.8 Å². The number of carbonyl (C=O) groups excluding carboxylic acids is 1. The topological polar surface area (TPSA) is 189 Å². The predicted octanol–water partition coefficient (Wildman–Crippen LogP) is 20.9. The summed E-state index contributed by atoms with van der Waals surface area (Å²) < 4.78 is 11.2. The Morgan fingerprint density at radius 1 is 0.370 bits per heavy atom. The third kappa shape index (κ3) is 55.3. The summed E-state index contributed by atoms with van der Waals surface area (Å²) in [5, 5.41) is 76.7. The van der Waals surface area contributed by atoms with Crippen LogP contribution in [0.5, 0.6) is 0 Å². The zero-order chi connectivity index (χ0) is 66.7. The van der Waals surface area contributed by atoms with Gasteiger partial charge in [-0.2, -0.15) is 0 Å². The lowest BCUT2D eigenvalue weighted by molar-refractivity contribution is -0.303. The summed E-state index contributed by atoms with van der Waals surface area (Å²) in [4.78, 5) is 13.3. The fourth-order valence-electron chi connectivity index (χ4n) is 13.2. The average molecular weight is 1300 g/mol. The van der Waals surface area contributed by atoms with E-state index in [9.17, 15) is 40.5 Å². The summed E-state index contributed by atoms with van der Waals surface area (Å²) in [6.45, 7) is 3.51. The Kier molecular flexibility index (Phi) is 66.5. The molecule has 1 amide bonds. The first-order valence-electron chi connectivity index (χ1n) is 40.4. The molecule has 11 nitrogen and oxygen atoms in total. The van der Waals surface area contributed by atoms with Crippen LogP contribution < -0.4 is 5.32 Å². The largest absolute Gasteiger partial charge is 0.394 e. The van der Waals surface area contributed by atoms with Crippen LogP contribution in [-0.2, 0) is 14.3 Å². The maximum atomic E-state index is 13.3. The minimum absolute atomic E-state index is 0.248. The second kappa shape index (κ2) is 69.2. The molecule has 0 saturated carbocycles. The summed E-state index contributed by atoms with van der Waals surface area (Å²) in [6, 6.07) is -1.19. The maximum absolute atomic E-state index is 13.3. The fraction of sp³-hybridized carbons (Fsp3) is 0.914. The number of carbonyl (C=O) groups is 1. The van der Waals surface area contributed by atoms with Gasteiger partial charge in [0.15, 0.2) is 6.29 Å². The maximum Gasteiger partial charge on any atom is 0.249 e. The van der Waals surface area contributed by atoms with E-state index < -0.39 is 74.2 Å². The summed E-state index contributed by atoms with van der Waals surface area (Å²) in [5.41, 5.74) is 0. The van der Waals surface area contributed by atoms with Gasteiger partial charge in [0.25, 0.3) is 0 Å². The summed E-state index contributed by atoms with van der Waals surface area (Å²) in [5.74, 6) is -0.703. The second-order valence-corrected chi connectivity index (χ2v) is 28.5. The monoisotopic (exact) mass is 1300 g/mol. The number of nitrogens with one attached hydrogen (secondary N) is 1. The molecular formula is C81H155NO10. The number of allylic oxidation sites excluding steroid dienone is 6. The van der Waals surface area contributed by atoms with Crippen LogP contribution in [0.15, 0.2) is 36.5 Å². The molecule has 1 heterocycles. The Balaban J connectivity index is 2.13. The number of aliphatic hydroxyl groups excluding tert-OH is 7. The first kappa shape index (κ1) is 88.3. The number of rotatable bonds is 72. The normalized spacial score (nSPS) is 18.5. The van der Waals surface area contributed by atoms with Crippen molar-refractivity contribution in [2.45, 2.75) is 461 Å². The van der Waals surface area contributed by atoms with Crippen LogP contribution in [0.1, 0.15) is 406 Å². The molecule has 9 unspecified atom stereocenters. The lowest BCUT2D eigenvalue weighted by Crippen LogP contribution is -2.60. The van der Waals surface area contributed by atoms with Crippen molar-refractivity contribution in [2.75, 3.05) is 13.2 Å². The zero-order valence-corrected chi connectivity index (χ0v) is 60.6. The molecule has 11 heteroatoms. The van der Waals surface area contributed by atoms with Crippen LogP contribution in [-0.4, -0.2) is 110 Å². The number of hydrogen-bond acceptors (Lipinski definition) is 10. The lowest BCUT2D eigenvalue weighted by atomic mass is 9.98. The van der Waals surface area contributed by atoms with Gasteiger partial charge in [0, 0.05) is 0 Å². The highest BCUT2D eigenvalue weighted by Gasteiger charge is 2.44. The number of amides is 1. The molecule has 0 aromatic rings. The summed E-state index contributed by atoms with van der Waals surface area (Å²) in [6.07, 6.45) is 79.9. The van der Waals surface area contributed by atoms with E-state index in [1.807, 2.05) is 0 Å².